The highest BCUT2D eigenvalue weighted by atomic mass is 16.8. The fourth-order valence-corrected chi connectivity index (χ4v) is 4.16. The largest absolute Gasteiger partial charge is 0.444 e. The van der Waals surface area contributed by atoms with E-state index < -0.39 is 34.9 Å². The molecular weight excluding hydrogens is 350 g/mol. The summed E-state index contributed by atoms with van der Waals surface area (Å²) in [4.78, 5) is 14.6. The third-order valence-electron chi connectivity index (χ3n) is 6.07. The minimum absolute atomic E-state index is 0.320. The molecule has 1 aliphatic carbocycles. The van der Waals surface area contributed by atoms with Crippen LogP contribution in [0.4, 0.5) is 4.79 Å². The van der Waals surface area contributed by atoms with Gasteiger partial charge in [-0.25, -0.2) is 4.79 Å². The van der Waals surface area contributed by atoms with Crippen LogP contribution < -0.4 is 0 Å². The lowest BCUT2D eigenvalue weighted by Gasteiger charge is -2.57. The first-order valence-corrected chi connectivity index (χ1v) is 9.38. The maximum Gasteiger partial charge on any atom is 0.410 e. The number of nitrogens with zero attached hydrogens (tertiary/aromatic N) is 1. The zero-order valence-electron chi connectivity index (χ0n) is 17.3. The highest BCUT2D eigenvalue weighted by Crippen LogP contribution is 2.56. The van der Waals surface area contributed by atoms with E-state index in [0.717, 1.165) is 12.8 Å². The van der Waals surface area contributed by atoms with E-state index in [9.17, 15) is 4.79 Å². The Morgan fingerprint density at radius 3 is 2.15 bits per heavy atom. The second kappa shape index (κ2) is 6.35. The first-order valence-electron chi connectivity index (χ1n) is 9.38. The molecule has 152 valence electrons. The third-order valence-corrected chi connectivity index (χ3v) is 6.07. The molecule has 2 heterocycles. The lowest BCUT2D eigenvalue weighted by atomic mass is 9.81. The summed E-state index contributed by atoms with van der Waals surface area (Å²) < 4.78 is 29.5. The van der Waals surface area contributed by atoms with Crippen LogP contribution in [0.25, 0.3) is 0 Å². The van der Waals surface area contributed by atoms with E-state index in [1.807, 2.05) is 20.8 Å². The average Bonchev–Trinajstić information content (AvgIpc) is 3.35. The van der Waals surface area contributed by atoms with Crippen LogP contribution in [0.15, 0.2) is 0 Å². The number of methoxy groups -OCH3 is 2. The van der Waals surface area contributed by atoms with Crippen molar-refractivity contribution >= 4 is 6.09 Å². The molecule has 3 fully saturated rings. The van der Waals surface area contributed by atoms with Gasteiger partial charge < -0.3 is 23.7 Å². The van der Waals surface area contributed by atoms with E-state index in [0.29, 0.717) is 6.54 Å². The first-order chi connectivity index (χ1) is 12.5. The Labute approximate surface area is 161 Å². The smallest absolute Gasteiger partial charge is 0.410 e. The summed E-state index contributed by atoms with van der Waals surface area (Å²) in [5, 5.41) is 0. The molecule has 27 heavy (non-hydrogen) atoms. The summed E-state index contributed by atoms with van der Waals surface area (Å²) in [6.07, 6.45) is 6.33. The minimum Gasteiger partial charge on any atom is -0.444 e. The average molecular weight is 381 g/mol. The van der Waals surface area contributed by atoms with Crippen molar-refractivity contribution in [1.82, 2.24) is 4.90 Å². The molecule has 7 nitrogen and oxygen atoms in total. The Bertz CT molecular complexity index is 648. The molecule has 3 aliphatic rings. The molecule has 7 heteroatoms. The van der Waals surface area contributed by atoms with E-state index in [4.69, 9.17) is 30.1 Å². The summed E-state index contributed by atoms with van der Waals surface area (Å²) >= 11 is 0. The van der Waals surface area contributed by atoms with Crippen LogP contribution in [0.1, 0.15) is 47.5 Å². The van der Waals surface area contributed by atoms with Crippen molar-refractivity contribution in [1.29, 1.82) is 0 Å². The Morgan fingerprint density at radius 1 is 1.15 bits per heavy atom. The van der Waals surface area contributed by atoms with Crippen molar-refractivity contribution < 1.29 is 28.5 Å². The highest BCUT2D eigenvalue weighted by molar-refractivity contribution is 5.70. The van der Waals surface area contributed by atoms with Crippen LogP contribution in [0.2, 0.25) is 0 Å². The van der Waals surface area contributed by atoms with Crippen LogP contribution in [0.3, 0.4) is 0 Å². The molecule has 0 aromatic heterocycles. The molecule has 5 unspecified atom stereocenters. The van der Waals surface area contributed by atoms with Crippen LogP contribution in [-0.4, -0.2) is 66.7 Å². The molecule has 2 saturated heterocycles. The van der Waals surface area contributed by atoms with Crippen LogP contribution in [0.5, 0.6) is 0 Å². The molecule has 1 amide bonds. The number of fused-ring (bicyclic) bond motifs is 1. The van der Waals surface area contributed by atoms with Crippen molar-refractivity contribution in [2.24, 2.45) is 5.92 Å². The van der Waals surface area contributed by atoms with Gasteiger partial charge in [-0.3, -0.25) is 4.90 Å². The van der Waals surface area contributed by atoms with Crippen molar-refractivity contribution in [3.63, 3.8) is 0 Å². The summed E-state index contributed by atoms with van der Waals surface area (Å²) in [7, 11) is 3.09. The number of rotatable bonds is 2. The quantitative estimate of drug-likeness (QED) is 0.685. The fourth-order valence-electron chi connectivity index (χ4n) is 4.16. The molecule has 0 aromatic carbocycles. The van der Waals surface area contributed by atoms with Gasteiger partial charge in [0.25, 0.3) is 0 Å². The summed E-state index contributed by atoms with van der Waals surface area (Å²) in [5.74, 6) is 0.274. The number of carbonyl (C=O) groups is 1. The monoisotopic (exact) mass is 381 g/mol. The minimum atomic E-state index is -1.14. The number of amides is 1. The molecule has 0 radical (unpaired) electrons. The Hall–Kier alpha value is -1.33. The second-order valence-electron chi connectivity index (χ2n) is 8.88. The van der Waals surface area contributed by atoms with E-state index in [1.54, 1.807) is 25.9 Å². The van der Waals surface area contributed by atoms with Gasteiger partial charge in [-0.1, -0.05) is 5.92 Å². The molecule has 0 aromatic rings. The number of ether oxygens (including phenoxy) is 5. The summed E-state index contributed by atoms with van der Waals surface area (Å²) in [6.45, 7) is 9.42. The highest BCUT2D eigenvalue weighted by Gasteiger charge is 2.68. The van der Waals surface area contributed by atoms with Crippen LogP contribution in [0, 0.1) is 18.3 Å². The molecule has 5 atom stereocenters. The summed E-state index contributed by atoms with van der Waals surface area (Å²) in [6, 6.07) is 0. The second-order valence-corrected chi connectivity index (χ2v) is 8.88. The standard InChI is InChI=1S/C20H31NO6/c1-9-13-15-14(25-18(5,23-7)19(6,24-8)26-15)12-21(20(13)10-11-20)16(22)27-17(2,3)4/h1,13-15H,10-12H2,2-8H3. The predicted octanol–water partition coefficient (Wildman–Crippen LogP) is 2.53. The SMILES string of the molecule is C#CC1C2OC(C)(OC)C(C)(OC)OC2CN(C(=O)OC(C)(C)C)C12CC2. The molecular formula is C20H31NO6. The van der Waals surface area contributed by atoms with Crippen LogP contribution in [-0.2, 0) is 23.7 Å². The number of hydrogen-bond acceptors (Lipinski definition) is 6. The van der Waals surface area contributed by atoms with Gasteiger partial charge in [0.2, 0.25) is 11.6 Å². The number of likely N-dealkylation sites (tertiary alicyclic amines) is 1. The van der Waals surface area contributed by atoms with Crippen molar-refractivity contribution in [3.8, 4) is 12.3 Å². The van der Waals surface area contributed by atoms with Gasteiger partial charge in [0.15, 0.2) is 0 Å². The normalized spacial score (nSPS) is 40.2. The first kappa shape index (κ1) is 20.4. The van der Waals surface area contributed by atoms with Gasteiger partial charge in [-0.2, -0.15) is 0 Å². The van der Waals surface area contributed by atoms with Crippen molar-refractivity contribution in [2.75, 3.05) is 20.8 Å². The van der Waals surface area contributed by atoms with Gasteiger partial charge >= 0.3 is 6.09 Å². The molecule has 3 rings (SSSR count). The van der Waals surface area contributed by atoms with Gasteiger partial charge in [-0.05, 0) is 47.5 Å². The Balaban J connectivity index is 1.93. The number of hydrogen-bond donors (Lipinski definition) is 0. The van der Waals surface area contributed by atoms with E-state index in [1.165, 1.54) is 7.11 Å². The van der Waals surface area contributed by atoms with E-state index in [-0.39, 0.29) is 12.0 Å². The number of terminal acetylenes is 1. The van der Waals surface area contributed by atoms with E-state index in [2.05, 4.69) is 5.92 Å². The van der Waals surface area contributed by atoms with E-state index >= 15 is 0 Å². The molecule has 0 bridgehead atoms. The third kappa shape index (κ3) is 3.13. The number of carbonyl (C=O) groups excluding carboxylic acids is 1. The van der Waals surface area contributed by atoms with Crippen molar-refractivity contribution in [3.05, 3.63) is 0 Å². The molecule has 2 aliphatic heterocycles. The maximum atomic E-state index is 12.9. The zero-order valence-corrected chi connectivity index (χ0v) is 17.3. The van der Waals surface area contributed by atoms with Crippen LogP contribution >= 0.6 is 0 Å². The number of piperidine rings is 1. The molecule has 1 saturated carbocycles. The maximum absolute atomic E-state index is 12.9. The lowest BCUT2D eigenvalue weighted by molar-refractivity contribution is -0.456. The predicted molar refractivity (Wildman–Crippen MR) is 97.8 cm³/mol. The lowest BCUT2D eigenvalue weighted by Crippen LogP contribution is -2.72. The van der Waals surface area contributed by atoms with Gasteiger partial charge in [-0.15, -0.1) is 6.42 Å². The molecule has 1 spiro atoms. The van der Waals surface area contributed by atoms with Gasteiger partial charge in [0, 0.05) is 14.2 Å². The Kier molecular flexibility index (Phi) is 4.80. The fraction of sp³-hybridized carbons (Fsp3) is 0.850. The summed E-state index contributed by atoms with van der Waals surface area (Å²) in [5.41, 5.74) is -1.04. The topological polar surface area (TPSA) is 66.5 Å². The van der Waals surface area contributed by atoms with Crippen molar-refractivity contribution in [2.45, 2.75) is 82.4 Å². The van der Waals surface area contributed by atoms with Gasteiger partial charge in [0.1, 0.15) is 17.8 Å². The molecule has 0 N–H and O–H groups in total. The van der Waals surface area contributed by atoms with Gasteiger partial charge in [0.05, 0.1) is 18.0 Å². The Morgan fingerprint density at radius 2 is 1.70 bits per heavy atom. The zero-order chi connectivity index (χ0) is 20.3.